The molecule has 3 heterocycles. The second-order valence-electron chi connectivity index (χ2n) is 6.90. The largest absolute Gasteiger partial charge is 0.350 e. The first-order chi connectivity index (χ1) is 12.0. The van der Waals surface area contributed by atoms with Crippen molar-refractivity contribution in [3.63, 3.8) is 0 Å². The van der Waals surface area contributed by atoms with Crippen LogP contribution < -0.4 is 5.32 Å². The lowest BCUT2D eigenvalue weighted by Gasteiger charge is -2.20. The Balaban J connectivity index is 1.56. The van der Waals surface area contributed by atoms with Gasteiger partial charge in [-0.3, -0.25) is 19.4 Å². The number of likely N-dealkylation sites (tertiary alicyclic amines) is 1. The number of rotatable bonds is 6. The van der Waals surface area contributed by atoms with Crippen LogP contribution in [0.1, 0.15) is 47.9 Å². The number of nitrogens with zero attached hydrogens (tertiary/aromatic N) is 4. The van der Waals surface area contributed by atoms with Gasteiger partial charge in [0.05, 0.1) is 24.0 Å². The van der Waals surface area contributed by atoms with Crippen LogP contribution in [0.15, 0.2) is 24.4 Å². The van der Waals surface area contributed by atoms with Crippen molar-refractivity contribution >= 4 is 5.91 Å². The highest BCUT2D eigenvalue weighted by atomic mass is 16.1. The molecule has 1 atom stereocenters. The Morgan fingerprint density at radius 1 is 1.36 bits per heavy atom. The average molecular weight is 341 g/mol. The molecule has 0 saturated carbocycles. The van der Waals surface area contributed by atoms with Crippen LogP contribution in [0.2, 0.25) is 0 Å². The smallest absolute Gasteiger partial charge is 0.220 e. The first kappa shape index (κ1) is 17.6. The Labute approximate surface area is 149 Å². The van der Waals surface area contributed by atoms with Crippen LogP contribution >= 0.6 is 0 Å². The number of aromatic nitrogens is 3. The maximum absolute atomic E-state index is 12.1. The number of amides is 1. The number of hydrogen-bond donors (Lipinski definition) is 1. The minimum Gasteiger partial charge on any atom is -0.350 e. The van der Waals surface area contributed by atoms with Crippen molar-refractivity contribution < 1.29 is 4.79 Å². The van der Waals surface area contributed by atoms with Crippen molar-refractivity contribution in [1.29, 1.82) is 0 Å². The zero-order valence-electron chi connectivity index (χ0n) is 15.3. The van der Waals surface area contributed by atoms with Gasteiger partial charge in [-0.15, -0.1) is 0 Å². The summed E-state index contributed by atoms with van der Waals surface area (Å²) >= 11 is 0. The Bertz CT molecular complexity index is 739. The second-order valence-corrected chi connectivity index (χ2v) is 6.90. The van der Waals surface area contributed by atoms with Crippen LogP contribution in [0.5, 0.6) is 0 Å². The molecule has 1 aliphatic heterocycles. The molecule has 6 nitrogen and oxygen atoms in total. The maximum atomic E-state index is 12.1. The van der Waals surface area contributed by atoms with Gasteiger partial charge in [-0.2, -0.15) is 5.10 Å². The van der Waals surface area contributed by atoms with Crippen molar-refractivity contribution in [2.45, 2.75) is 45.2 Å². The zero-order chi connectivity index (χ0) is 17.8. The summed E-state index contributed by atoms with van der Waals surface area (Å²) in [5, 5.41) is 7.07. The van der Waals surface area contributed by atoms with Crippen molar-refractivity contribution in [2.24, 2.45) is 7.05 Å². The average Bonchev–Trinajstić information content (AvgIpc) is 3.18. The molecule has 2 aromatic rings. The molecule has 0 spiro atoms. The summed E-state index contributed by atoms with van der Waals surface area (Å²) in [6, 6.07) is 6.59. The molecule has 1 saturated heterocycles. The van der Waals surface area contributed by atoms with Crippen molar-refractivity contribution in [2.75, 3.05) is 13.6 Å². The predicted octanol–water partition coefficient (Wildman–Crippen LogP) is 2.14. The van der Waals surface area contributed by atoms with Gasteiger partial charge in [-0.05, 0) is 63.5 Å². The van der Waals surface area contributed by atoms with Gasteiger partial charge < -0.3 is 5.32 Å². The lowest BCUT2D eigenvalue weighted by Crippen LogP contribution is -2.24. The molecule has 1 aliphatic rings. The number of hydrogen-bond acceptors (Lipinski definition) is 4. The molecule has 0 radical (unpaired) electrons. The number of pyridine rings is 1. The van der Waals surface area contributed by atoms with Gasteiger partial charge in [0.1, 0.15) is 0 Å². The fraction of sp³-hybridized carbons (Fsp3) is 0.526. The van der Waals surface area contributed by atoms with E-state index in [1.165, 1.54) is 12.0 Å². The summed E-state index contributed by atoms with van der Waals surface area (Å²) in [6.07, 6.45) is 5.36. The first-order valence-corrected chi connectivity index (χ1v) is 8.94. The van der Waals surface area contributed by atoms with E-state index in [9.17, 15) is 4.79 Å². The molecule has 0 aliphatic carbocycles. The quantitative estimate of drug-likeness (QED) is 0.874. The number of carbonyl (C=O) groups is 1. The molecule has 1 fully saturated rings. The first-order valence-electron chi connectivity index (χ1n) is 8.94. The summed E-state index contributed by atoms with van der Waals surface area (Å²) in [6.45, 7) is 3.68. The molecule has 6 heteroatoms. The van der Waals surface area contributed by atoms with E-state index in [1.54, 1.807) is 10.9 Å². The van der Waals surface area contributed by atoms with Gasteiger partial charge in [0.25, 0.3) is 0 Å². The number of aryl methyl sites for hydroxylation is 3. The fourth-order valence-corrected chi connectivity index (χ4v) is 3.48. The van der Waals surface area contributed by atoms with E-state index in [-0.39, 0.29) is 5.91 Å². The van der Waals surface area contributed by atoms with E-state index in [2.05, 4.69) is 34.5 Å². The SMILES string of the molecule is Cc1cc(CCC(=O)NCc2ccnn2C)cc([C@H]2CCCN2C)n1. The van der Waals surface area contributed by atoms with Crippen LogP contribution in [0.3, 0.4) is 0 Å². The van der Waals surface area contributed by atoms with Gasteiger partial charge in [0, 0.05) is 25.4 Å². The zero-order valence-corrected chi connectivity index (χ0v) is 15.3. The summed E-state index contributed by atoms with van der Waals surface area (Å²) in [5.41, 5.74) is 4.37. The number of nitrogens with one attached hydrogen (secondary N) is 1. The van der Waals surface area contributed by atoms with Crippen LogP contribution in [-0.4, -0.2) is 39.2 Å². The Hall–Kier alpha value is -2.21. The predicted molar refractivity (Wildman–Crippen MR) is 97.0 cm³/mol. The third-order valence-corrected chi connectivity index (χ3v) is 4.92. The van der Waals surface area contributed by atoms with Crippen LogP contribution in [0.4, 0.5) is 0 Å². The fourth-order valence-electron chi connectivity index (χ4n) is 3.48. The van der Waals surface area contributed by atoms with E-state index in [1.807, 2.05) is 20.0 Å². The molecule has 0 aromatic carbocycles. The Morgan fingerprint density at radius 2 is 2.20 bits per heavy atom. The Morgan fingerprint density at radius 3 is 2.88 bits per heavy atom. The third kappa shape index (κ3) is 4.45. The van der Waals surface area contributed by atoms with E-state index in [0.29, 0.717) is 19.0 Å². The molecule has 134 valence electrons. The minimum atomic E-state index is 0.0650. The summed E-state index contributed by atoms with van der Waals surface area (Å²) in [4.78, 5) is 19.2. The highest BCUT2D eigenvalue weighted by Crippen LogP contribution is 2.29. The Kier molecular flexibility index (Phi) is 5.48. The lowest BCUT2D eigenvalue weighted by molar-refractivity contribution is -0.121. The molecule has 25 heavy (non-hydrogen) atoms. The van der Waals surface area contributed by atoms with Crippen LogP contribution in [-0.2, 0) is 24.8 Å². The third-order valence-electron chi connectivity index (χ3n) is 4.92. The van der Waals surface area contributed by atoms with Crippen LogP contribution in [0, 0.1) is 6.92 Å². The molecular weight excluding hydrogens is 314 g/mol. The van der Waals surface area contributed by atoms with Gasteiger partial charge >= 0.3 is 0 Å². The van der Waals surface area contributed by atoms with E-state index in [0.717, 1.165) is 36.5 Å². The monoisotopic (exact) mass is 341 g/mol. The van der Waals surface area contributed by atoms with E-state index < -0.39 is 0 Å². The van der Waals surface area contributed by atoms with Gasteiger partial charge in [-0.25, -0.2) is 0 Å². The lowest BCUT2D eigenvalue weighted by atomic mass is 10.0. The van der Waals surface area contributed by atoms with E-state index >= 15 is 0 Å². The molecule has 1 amide bonds. The molecule has 2 aromatic heterocycles. The van der Waals surface area contributed by atoms with Gasteiger partial charge in [0.2, 0.25) is 5.91 Å². The molecule has 0 unspecified atom stereocenters. The molecule has 0 bridgehead atoms. The topological polar surface area (TPSA) is 63.1 Å². The highest BCUT2D eigenvalue weighted by molar-refractivity contribution is 5.76. The standard InChI is InChI=1S/C19H27N5O/c1-14-11-15(12-17(22-14)18-5-4-10-23(18)2)6-7-19(25)20-13-16-8-9-21-24(16)3/h8-9,11-12,18H,4-7,10,13H2,1-3H3,(H,20,25)/t18-/m1/s1. The van der Waals surface area contributed by atoms with Crippen LogP contribution in [0.25, 0.3) is 0 Å². The molecule has 3 rings (SSSR count). The normalized spacial score (nSPS) is 17.8. The second kappa shape index (κ2) is 7.78. The maximum Gasteiger partial charge on any atom is 0.220 e. The van der Waals surface area contributed by atoms with Crippen molar-refractivity contribution in [1.82, 2.24) is 25.0 Å². The van der Waals surface area contributed by atoms with Crippen molar-refractivity contribution in [3.05, 3.63) is 47.0 Å². The summed E-state index contributed by atoms with van der Waals surface area (Å²) in [7, 11) is 4.04. The molecular formula is C19H27N5O. The summed E-state index contributed by atoms with van der Waals surface area (Å²) < 4.78 is 1.77. The van der Waals surface area contributed by atoms with Gasteiger partial charge in [0.15, 0.2) is 0 Å². The van der Waals surface area contributed by atoms with Gasteiger partial charge in [-0.1, -0.05) is 0 Å². The minimum absolute atomic E-state index is 0.0650. The summed E-state index contributed by atoms with van der Waals surface area (Å²) in [5.74, 6) is 0.0650. The van der Waals surface area contributed by atoms with Crippen molar-refractivity contribution in [3.8, 4) is 0 Å². The molecule has 1 N–H and O–H groups in total. The highest BCUT2D eigenvalue weighted by Gasteiger charge is 2.24. The number of carbonyl (C=O) groups excluding carboxylic acids is 1. The van der Waals surface area contributed by atoms with E-state index in [4.69, 9.17) is 4.98 Å².